The number of nitrogens with one attached hydrogen (secondary N) is 2. The molecule has 29 heavy (non-hydrogen) atoms. The average molecular weight is 389 g/mol. The van der Waals surface area contributed by atoms with Crippen LogP contribution < -0.4 is 16.4 Å². The lowest BCUT2D eigenvalue weighted by Gasteiger charge is -2.13. The molecule has 6 nitrogen and oxygen atoms in total. The van der Waals surface area contributed by atoms with Crippen LogP contribution in [0.4, 0.5) is 11.5 Å². The van der Waals surface area contributed by atoms with Crippen LogP contribution in [0.2, 0.25) is 0 Å². The van der Waals surface area contributed by atoms with Gasteiger partial charge in [0.05, 0.1) is 5.69 Å². The minimum atomic E-state index is 0.358. The van der Waals surface area contributed by atoms with Gasteiger partial charge < -0.3 is 16.4 Å². The molecule has 0 saturated carbocycles. The summed E-state index contributed by atoms with van der Waals surface area (Å²) in [5, 5.41) is 15.5. The number of nitrogens with zero attached hydrogens (tertiary/aromatic N) is 3. The van der Waals surface area contributed by atoms with E-state index in [-0.39, 0.29) is 0 Å². The fourth-order valence-electron chi connectivity index (χ4n) is 2.59. The normalized spacial score (nSPS) is 10.9. The van der Waals surface area contributed by atoms with E-state index in [0.717, 1.165) is 37.3 Å². The first-order valence-electron chi connectivity index (χ1n) is 9.72. The smallest absolute Gasteiger partial charge is 0.146 e. The van der Waals surface area contributed by atoms with E-state index in [1.54, 1.807) is 18.5 Å². The standard InChI is InChI=1S/C17H22N6.C6H6/c1-13(14-5-6-15(10-18)23-12-14)11-20-7-3-9-21-16-4-2-8-22-17(16)19;1-2-4-6-5-3-1/h2,4-6,8,12-13,20-21H,3,7,9,11H2,1H3,(H2,19,22);1-6H. The highest BCUT2D eigenvalue weighted by molar-refractivity contribution is 5.60. The van der Waals surface area contributed by atoms with Crippen molar-refractivity contribution in [2.75, 3.05) is 30.7 Å². The van der Waals surface area contributed by atoms with Crippen LogP contribution in [0.25, 0.3) is 0 Å². The molecule has 3 aromatic rings. The lowest BCUT2D eigenvalue weighted by atomic mass is 10.0. The number of anilines is 2. The number of aromatic nitrogens is 2. The first kappa shape index (κ1) is 21.9. The lowest BCUT2D eigenvalue weighted by Crippen LogP contribution is -2.23. The summed E-state index contributed by atoms with van der Waals surface area (Å²) in [5.41, 5.74) is 8.24. The molecule has 1 unspecified atom stereocenters. The Morgan fingerprint density at radius 1 is 1.00 bits per heavy atom. The van der Waals surface area contributed by atoms with E-state index < -0.39 is 0 Å². The van der Waals surface area contributed by atoms with Crippen molar-refractivity contribution in [1.29, 1.82) is 5.26 Å². The van der Waals surface area contributed by atoms with Crippen LogP contribution in [0, 0.1) is 11.3 Å². The van der Waals surface area contributed by atoms with Crippen molar-refractivity contribution < 1.29 is 0 Å². The highest BCUT2D eigenvalue weighted by Gasteiger charge is 2.05. The summed E-state index contributed by atoms with van der Waals surface area (Å²) in [6.45, 7) is 4.78. The number of pyridine rings is 2. The highest BCUT2D eigenvalue weighted by atomic mass is 15.0. The molecule has 6 heteroatoms. The minimum Gasteiger partial charge on any atom is -0.382 e. The molecular weight excluding hydrogens is 360 g/mol. The summed E-state index contributed by atoms with van der Waals surface area (Å²) >= 11 is 0. The lowest BCUT2D eigenvalue weighted by molar-refractivity contribution is 0.602. The third-order valence-corrected chi connectivity index (χ3v) is 4.27. The summed E-state index contributed by atoms with van der Waals surface area (Å²) in [6, 6.07) is 21.5. The fourth-order valence-corrected chi connectivity index (χ4v) is 2.59. The zero-order valence-corrected chi connectivity index (χ0v) is 16.8. The van der Waals surface area contributed by atoms with Gasteiger partial charge in [-0.25, -0.2) is 9.97 Å². The van der Waals surface area contributed by atoms with Crippen LogP contribution in [-0.4, -0.2) is 29.6 Å². The summed E-state index contributed by atoms with van der Waals surface area (Å²) in [5.74, 6) is 0.888. The van der Waals surface area contributed by atoms with Gasteiger partial charge in [-0.15, -0.1) is 0 Å². The quantitative estimate of drug-likeness (QED) is 0.507. The molecular formula is C23H28N6. The monoisotopic (exact) mass is 388 g/mol. The van der Waals surface area contributed by atoms with Crippen LogP contribution in [0.1, 0.15) is 30.5 Å². The Bertz CT molecular complexity index is 832. The van der Waals surface area contributed by atoms with Gasteiger partial charge in [-0.2, -0.15) is 5.26 Å². The van der Waals surface area contributed by atoms with E-state index in [9.17, 15) is 0 Å². The Hall–Kier alpha value is -3.43. The van der Waals surface area contributed by atoms with Crippen LogP contribution in [0.3, 0.4) is 0 Å². The van der Waals surface area contributed by atoms with Crippen molar-refractivity contribution in [2.45, 2.75) is 19.3 Å². The fraction of sp³-hybridized carbons (Fsp3) is 0.261. The molecule has 0 aliphatic rings. The van der Waals surface area contributed by atoms with Gasteiger partial charge in [0.2, 0.25) is 0 Å². The number of nitrogens with two attached hydrogens (primary N) is 1. The molecule has 1 atom stereocenters. The number of hydrogen-bond acceptors (Lipinski definition) is 6. The maximum atomic E-state index is 8.75. The SMILES string of the molecule is CC(CNCCCNc1cccnc1N)c1ccc(C#N)nc1.c1ccccc1. The highest BCUT2D eigenvalue weighted by Crippen LogP contribution is 2.14. The molecule has 0 aliphatic heterocycles. The number of nitrogen functional groups attached to an aromatic ring is 1. The molecule has 1 aromatic carbocycles. The van der Waals surface area contributed by atoms with Crippen LogP contribution >= 0.6 is 0 Å². The topological polar surface area (TPSA) is 99.6 Å². The Kier molecular flexibility index (Phi) is 9.70. The first-order chi connectivity index (χ1) is 14.2. The van der Waals surface area contributed by atoms with Crippen LogP contribution in [0.5, 0.6) is 0 Å². The Morgan fingerprint density at radius 2 is 1.72 bits per heavy atom. The van der Waals surface area contributed by atoms with Gasteiger partial charge in [-0.05, 0) is 42.6 Å². The first-order valence-corrected chi connectivity index (χ1v) is 9.72. The second-order valence-corrected chi connectivity index (χ2v) is 6.56. The molecule has 0 fully saturated rings. The molecule has 0 saturated heterocycles. The van der Waals surface area contributed by atoms with Gasteiger partial charge in [-0.3, -0.25) is 0 Å². The van der Waals surface area contributed by atoms with Gasteiger partial charge in [0.25, 0.3) is 0 Å². The van der Waals surface area contributed by atoms with E-state index in [4.69, 9.17) is 11.0 Å². The molecule has 0 amide bonds. The van der Waals surface area contributed by atoms with Crippen molar-refractivity contribution in [1.82, 2.24) is 15.3 Å². The van der Waals surface area contributed by atoms with Crippen molar-refractivity contribution in [3.05, 3.63) is 84.3 Å². The van der Waals surface area contributed by atoms with Crippen LogP contribution in [-0.2, 0) is 0 Å². The van der Waals surface area contributed by atoms with Crippen molar-refractivity contribution in [2.24, 2.45) is 0 Å². The molecule has 0 spiro atoms. The molecule has 3 rings (SSSR count). The van der Waals surface area contributed by atoms with Gasteiger partial charge in [0, 0.05) is 25.5 Å². The van der Waals surface area contributed by atoms with Gasteiger partial charge in [0.1, 0.15) is 17.6 Å². The second-order valence-electron chi connectivity index (χ2n) is 6.56. The van der Waals surface area contributed by atoms with E-state index in [2.05, 4.69) is 27.5 Å². The molecule has 150 valence electrons. The van der Waals surface area contributed by atoms with Gasteiger partial charge in [-0.1, -0.05) is 49.4 Å². The van der Waals surface area contributed by atoms with Crippen molar-refractivity contribution in [3.8, 4) is 6.07 Å². The number of nitriles is 1. The van der Waals surface area contributed by atoms with E-state index in [1.807, 2.05) is 60.7 Å². The van der Waals surface area contributed by atoms with Crippen molar-refractivity contribution >= 4 is 11.5 Å². The van der Waals surface area contributed by atoms with E-state index >= 15 is 0 Å². The Balaban J connectivity index is 0.000000426. The maximum Gasteiger partial charge on any atom is 0.146 e. The summed E-state index contributed by atoms with van der Waals surface area (Å²) in [4.78, 5) is 8.14. The molecule has 0 radical (unpaired) electrons. The van der Waals surface area contributed by atoms with Gasteiger partial charge in [0.15, 0.2) is 0 Å². The summed E-state index contributed by atoms with van der Waals surface area (Å²) in [7, 11) is 0. The Morgan fingerprint density at radius 3 is 2.31 bits per heavy atom. The maximum absolute atomic E-state index is 8.75. The average Bonchev–Trinajstić information content (AvgIpc) is 2.79. The third kappa shape index (κ3) is 8.41. The summed E-state index contributed by atoms with van der Waals surface area (Å²) < 4.78 is 0. The van der Waals surface area contributed by atoms with Gasteiger partial charge >= 0.3 is 0 Å². The van der Waals surface area contributed by atoms with E-state index in [0.29, 0.717) is 17.4 Å². The van der Waals surface area contributed by atoms with Crippen LogP contribution in [0.15, 0.2) is 73.1 Å². The number of rotatable bonds is 8. The zero-order chi connectivity index (χ0) is 20.7. The number of hydrogen-bond donors (Lipinski definition) is 3. The largest absolute Gasteiger partial charge is 0.382 e. The van der Waals surface area contributed by atoms with Crippen molar-refractivity contribution in [3.63, 3.8) is 0 Å². The second kappa shape index (κ2) is 12.9. The summed E-state index contributed by atoms with van der Waals surface area (Å²) in [6.07, 6.45) is 4.45. The molecule has 4 N–H and O–H groups in total. The third-order valence-electron chi connectivity index (χ3n) is 4.27. The molecule has 2 aromatic heterocycles. The molecule has 2 heterocycles. The molecule has 0 bridgehead atoms. The number of benzene rings is 1. The minimum absolute atomic E-state index is 0.358. The van der Waals surface area contributed by atoms with E-state index in [1.165, 1.54) is 0 Å². The predicted octanol–water partition coefficient (Wildman–Crippen LogP) is 3.81. The molecule has 0 aliphatic carbocycles. The zero-order valence-electron chi connectivity index (χ0n) is 16.8. The predicted molar refractivity (Wildman–Crippen MR) is 118 cm³/mol. The Labute approximate surface area is 172 Å².